The van der Waals surface area contributed by atoms with Crippen molar-refractivity contribution in [3.63, 3.8) is 0 Å². The molecule has 9 heteroatoms. The first-order valence-electron chi connectivity index (χ1n) is 5.51. The van der Waals surface area contributed by atoms with Crippen molar-refractivity contribution >= 4 is 28.9 Å². The minimum absolute atomic E-state index is 0.147. The lowest BCUT2D eigenvalue weighted by Gasteiger charge is -2.18. The van der Waals surface area contributed by atoms with Crippen LogP contribution in [0.3, 0.4) is 0 Å². The summed E-state index contributed by atoms with van der Waals surface area (Å²) in [6.45, 7) is -1.38. The fourth-order valence-electron chi connectivity index (χ4n) is 1.68. The molecule has 0 unspecified atom stereocenters. The molecule has 2 rings (SSSR count). The minimum atomic E-state index is -1.29. The van der Waals surface area contributed by atoms with Crippen LogP contribution < -0.4 is 0 Å². The zero-order valence-corrected chi connectivity index (χ0v) is 10.1. The molecule has 0 spiro atoms. The lowest BCUT2D eigenvalue weighted by atomic mass is 10.1. The Hall–Kier alpha value is -2.97. The molecule has 0 radical (unpaired) electrons. The molecule has 104 valence electrons. The lowest BCUT2D eigenvalue weighted by molar-refractivity contribution is -0.140. The molecule has 0 aliphatic carbocycles. The van der Waals surface area contributed by atoms with Gasteiger partial charge in [0.1, 0.15) is 24.1 Å². The molecule has 3 N–H and O–H groups in total. The van der Waals surface area contributed by atoms with E-state index in [1.54, 1.807) is 0 Å². The van der Waals surface area contributed by atoms with E-state index < -0.39 is 30.9 Å². The Kier molecular flexibility index (Phi) is 3.60. The van der Waals surface area contributed by atoms with Crippen molar-refractivity contribution in [2.75, 3.05) is 13.1 Å². The van der Waals surface area contributed by atoms with E-state index in [4.69, 9.17) is 10.2 Å². The van der Waals surface area contributed by atoms with Crippen LogP contribution in [0.2, 0.25) is 0 Å². The number of aliphatic carboxylic acids is 2. The number of H-pyrrole nitrogens is 1. The quantitative estimate of drug-likeness (QED) is 0.674. The van der Waals surface area contributed by atoms with Gasteiger partial charge < -0.3 is 15.1 Å². The predicted molar refractivity (Wildman–Crippen MR) is 65.1 cm³/mol. The Morgan fingerprint density at radius 3 is 2.25 bits per heavy atom. The molecule has 20 heavy (non-hydrogen) atoms. The second-order valence-electron chi connectivity index (χ2n) is 3.98. The highest BCUT2D eigenvalue weighted by Gasteiger charge is 2.21. The van der Waals surface area contributed by atoms with Gasteiger partial charge in [-0.05, 0) is 18.2 Å². The molecule has 0 saturated heterocycles. The standard InChI is InChI=1S/C11H10N4O5/c16-9(17)4-15(5-10(18)19)11(20)6-1-2-7-8(3-6)13-14-12-7/h1-3H,4-5H2,(H,16,17)(H,18,19)(H,12,13,14). The third-order valence-corrected chi connectivity index (χ3v) is 2.50. The van der Waals surface area contributed by atoms with E-state index in [1.165, 1.54) is 18.2 Å². The highest BCUT2D eigenvalue weighted by atomic mass is 16.4. The maximum absolute atomic E-state index is 12.1. The van der Waals surface area contributed by atoms with Gasteiger partial charge in [-0.15, -0.1) is 0 Å². The van der Waals surface area contributed by atoms with Crippen LogP contribution in [0.25, 0.3) is 11.0 Å². The highest BCUT2D eigenvalue weighted by molar-refractivity contribution is 5.99. The normalized spacial score (nSPS) is 10.4. The molecular formula is C11H10N4O5. The Morgan fingerprint density at radius 2 is 1.65 bits per heavy atom. The van der Waals surface area contributed by atoms with Crippen LogP contribution in [0.4, 0.5) is 0 Å². The maximum atomic E-state index is 12.1. The molecule has 0 aliphatic heterocycles. The molecule has 1 amide bonds. The van der Waals surface area contributed by atoms with Gasteiger partial charge in [-0.2, -0.15) is 15.4 Å². The van der Waals surface area contributed by atoms with Gasteiger partial charge in [-0.25, -0.2) is 0 Å². The fourth-order valence-corrected chi connectivity index (χ4v) is 1.68. The van der Waals surface area contributed by atoms with Crippen molar-refractivity contribution in [2.45, 2.75) is 0 Å². The highest BCUT2D eigenvalue weighted by Crippen LogP contribution is 2.12. The topological polar surface area (TPSA) is 136 Å². The molecule has 0 bridgehead atoms. The van der Waals surface area contributed by atoms with E-state index >= 15 is 0 Å². The third kappa shape index (κ3) is 2.88. The van der Waals surface area contributed by atoms with Crippen LogP contribution in [0.1, 0.15) is 10.4 Å². The van der Waals surface area contributed by atoms with Crippen LogP contribution >= 0.6 is 0 Å². The molecule has 1 heterocycles. The van der Waals surface area contributed by atoms with Crippen molar-refractivity contribution in [3.05, 3.63) is 23.8 Å². The summed E-state index contributed by atoms with van der Waals surface area (Å²) < 4.78 is 0. The first-order chi connectivity index (χ1) is 9.47. The summed E-state index contributed by atoms with van der Waals surface area (Å²) in [6, 6.07) is 4.38. The number of aromatic nitrogens is 3. The van der Waals surface area contributed by atoms with Gasteiger partial charge in [-0.1, -0.05) is 0 Å². The number of amides is 1. The summed E-state index contributed by atoms with van der Waals surface area (Å²) in [7, 11) is 0. The van der Waals surface area contributed by atoms with Gasteiger partial charge in [0, 0.05) is 5.56 Å². The summed E-state index contributed by atoms with van der Waals surface area (Å²) in [5.41, 5.74) is 1.12. The number of hydrogen-bond acceptors (Lipinski definition) is 5. The number of carbonyl (C=O) groups is 3. The second kappa shape index (κ2) is 5.34. The smallest absolute Gasteiger partial charge is 0.323 e. The number of carboxylic acids is 2. The van der Waals surface area contributed by atoms with Gasteiger partial charge in [0.15, 0.2) is 0 Å². The predicted octanol–water partition coefficient (Wildman–Crippen LogP) is -0.431. The Bertz CT molecular complexity index is 664. The summed E-state index contributed by atoms with van der Waals surface area (Å²) in [5, 5.41) is 27.4. The SMILES string of the molecule is O=C(O)CN(CC(=O)O)C(=O)c1ccc2n[nH]nc2c1. The number of rotatable bonds is 5. The van der Waals surface area contributed by atoms with Crippen molar-refractivity contribution < 1.29 is 24.6 Å². The van der Waals surface area contributed by atoms with Crippen LogP contribution in [0, 0.1) is 0 Å². The number of fused-ring (bicyclic) bond motifs is 1. The molecule has 0 fully saturated rings. The number of hydrogen-bond donors (Lipinski definition) is 3. The number of aromatic amines is 1. The molecule has 1 aromatic heterocycles. The van der Waals surface area contributed by atoms with Crippen LogP contribution in [0.15, 0.2) is 18.2 Å². The fraction of sp³-hybridized carbons (Fsp3) is 0.182. The van der Waals surface area contributed by atoms with Crippen LogP contribution in [-0.4, -0.2) is 61.5 Å². The number of carboxylic acid groups (broad SMARTS) is 2. The summed E-state index contributed by atoms with van der Waals surface area (Å²) >= 11 is 0. The zero-order valence-electron chi connectivity index (χ0n) is 10.1. The molecule has 1 aromatic carbocycles. The van der Waals surface area contributed by atoms with E-state index in [1.807, 2.05) is 0 Å². The maximum Gasteiger partial charge on any atom is 0.323 e. The summed E-state index contributed by atoms with van der Waals surface area (Å²) in [4.78, 5) is 34.2. The summed E-state index contributed by atoms with van der Waals surface area (Å²) in [5.74, 6) is -3.27. The van der Waals surface area contributed by atoms with Crippen molar-refractivity contribution in [3.8, 4) is 0 Å². The first kappa shape index (κ1) is 13.5. The number of nitrogens with zero attached hydrogens (tertiary/aromatic N) is 3. The van der Waals surface area contributed by atoms with Gasteiger partial charge in [0.25, 0.3) is 5.91 Å². The van der Waals surface area contributed by atoms with Gasteiger partial charge in [0.05, 0.1) is 0 Å². The van der Waals surface area contributed by atoms with Gasteiger partial charge in [-0.3, -0.25) is 14.4 Å². The minimum Gasteiger partial charge on any atom is -0.480 e. The Morgan fingerprint density at radius 1 is 1.05 bits per heavy atom. The molecule has 0 saturated carbocycles. The van der Waals surface area contributed by atoms with Crippen LogP contribution in [-0.2, 0) is 9.59 Å². The molecule has 0 aliphatic rings. The van der Waals surface area contributed by atoms with E-state index in [0.29, 0.717) is 11.0 Å². The van der Waals surface area contributed by atoms with Crippen molar-refractivity contribution in [1.29, 1.82) is 0 Å². The number of carbonyl (C=O) groups excluding carboxylic acids is 1. The van der Waals surface area contributed by atoms with E-state index in [-0.39, 0.29) is 5.56 Å². The average Bonchev–Trinajstić information content (AvgIpc) is 2.83. The van der Waals surface area contributed by atoms with Gasteiger partial charge in [0.2, 0.25) is 0 Å². The monoisotopic (exact) mass is 278 g/mol. The summed E-state index contributed by atoms with van der Waals surface area (Å²) in [6.07, 6.45) is 0. The Labute approximate surface area is 111 Å². The van der Waals surface area contributed by atoms with Crippen molar-refractivity contribution in [2.24, 2.45) is 0 Å². The second-order valence-corrected chi connectivity index (χ2v) is 3.98. The molecule has 0 atom stereocenters. The number of nitrogens with one attached hydrogen (secondary N) is 1. The first-order valence-corrected chi connectivity index (χ1v) is 5.51. The van der Waals surface area contributed by atoms with E-state index in [9.17, 15) is 14.4 Å². The Balaban J connectivity index is 2.29. The largest absolute Gasteiger partial charge is 0.480 e. The zero-order chi connectivity index (χ0) is 14.7. The molecule has 9 nitrogen and oxygen atoms in total. The number of benzene rings is 1. The van der Waals surface area contributed by atoms with Crippen LogP contribution in [0.5, 0.6) is 0 Å². The third-order valence-electron chi connectivity index (χ3n) is 2.50. The van der Waals surface area contributed by atoms with E-state index in [2.05, 4.69) is 15.4 Å². The lowest BCUT2D eigenvalue weighted by Crippen LogP contribution is -2.39. The average molecular weight is 278 g/mol. The van der Waals surface area contributed by atoms with Gasteiger partial charge >= 0.3 is 11.9 Å². The van der Waals surface area contributed by atoms with Crippen molar-refractivity contribution in [1.82, 2.24) is 20.3 Å². The molecular weight excluding hydrogens is 268 g/mol. The molecule has 2 aromatic rings. The van der Waals surface area contributed by atoms with E-state index in [0.717, 1.165) is 4.90 Å².